The van der Waals surface area contributed by atoms with E-state index < -0.39 is 0 Å². The number of nitrogens with zero attached hydrogens (tertiary/aromatic N) is 2. The van der Waals surface area contributed by atoms with E-state index in [1.165, 1.54) is 18.0 Å². The van der Waals surface area contributed by atoms with Gasteiger partial charge in [0.25, 0.3) is 0 Å². The normalized spacial score (nSPS) is 9.64. The van der Waals surface area contributed by atoms with Crippen LogP contribution in [-0.4, -0.2) is 24.6 Å². The highest BCUT2D eigenvalue weighted by atomic mass is 32.2. The molecule has 5 nitrogen and oxygen atoms in total. The van der Waals surface area contributed by atoms with E-state index in [0.29, 0.717) is 24.0 Å². The highest BCUT2D eigenvalue weighted by Crippen LogP contribution is 2.23. The molecule has 0 atom stereocenters. The van der Waals surface area contributed by atoms with Crippen molar-refractivity contribution in [3.8, 4) is 0 Å². The molecule has 0 bridgehead atoms. The Morgan fingerprint density at radius 1 is 1.45 bits per heavy atom. The van der Waals surface area contributed by atoms with Crippen LogP contribution < -0.4 is 15.6 Å². The Labute approximate surface area is 133 Å². The van der Waals surface area contributed by atoms with Crippen molar-refractivity contribution in [2.24, 2.45) is 5.84 Å². The van der Waals surface area contributed by atoms with Crippen LogP contribution in [0.15, 0.2) is 42.7 Å². The van der Waals surface area contributed by atoms with Crippen molar-refractivity contribution in [3.05, 3.63) is 59.7 Å². The van der Waals surface area contributed by atoms with Gasteiger partial charge in [-0.05, 0) is 25.2 Å². The molecule has 0 saturated heterocycles. The number of hydrogen-bond donors (Lipinski definition) is 2. The molecule has 118 valence electrons. The van der Waals surface area contributed by atoms with Crippen molar-refractivity contribution in [2.75, 3.05) is 17.6 Å². The summed E-state index contributed by atoms with van der Waals surface area (Å²) in [5, 5.41) is 0. The second kappa shape index (κ2) is 9.88. The number of benzene rings is 1. The molecule has 7 heteroatoms. The van der Waals surface area contributed by atoms with Crippen LogP contribution in [0.4, 0.5) is 10.1 Å². The van der Waals surface area contributed by atoms with Crippen LogP contribution in [0.2, 0.25) is 0 Å². The monoisotopic (exact) mass is 322 g/mol. The van der Waals surface area contributed by atoms with Gasteiger partial charge in [0, 0.05) is 23.6 Å². The molecule has 2 rings (SSSR count). The lowest BCUT2D eigenvalue weighted by Gasteiger charge is -2.21. The second-order valence-electron chi connectivity index (χ2n) is 4.19. The molecule has 0 aliphatic heterocycles. The molecule has 0 spiro atoms. The first kappa shape index (κ1) is 18.1. The number of nitrogens with two attached hydrogens (primary N) is 1. The molecular formula is C15H19FN4OS. The lowest BCUT2D eigenvalue weighted by Crippen LogP contribution is -2.14. The summed E-state index contributed by atoms with van der Waals surface area (Å²) in [5.41, 5.74) is 4.05. The molecule has 0 saturated carbocycles. The van der Waals surface area contributed by atoms with E-state index in [1.54, 1.807) is 31.6 Å². The van der Waals surface area contributed by atoms with E-state index >= 15 is 0 Å². The fourth-order valence-corrected chi connectivity index (χ4v) is 2.27. The maximum absolute atomic E-state index is 13.8. The summed E-state index contributed by atoms with van der Waals surface area (Å²) in [7, 11) is 1.65. The van der Waals surface area contributed by atoms with E-state index in [1.807, 2.05) is 22.7 Å². The Bertz CT molecular complexity index is 583. The van der Waals surface area contributed by atoms with Crippen molar-refractivity contribution >= 4 is 23.9 Å². The van der Waals surface area contributed by atoms with E-state index in [-0.39, 0.29) is 5.82 Å². The molecule has 1 heterocycles. The molecule has 1 aromatic heterocycles. The van der Waals surface area contributed by atoms with Crippen molar-refractivity contribution in [2.45, 2.75) is 6.54 Å². The van der Waals surface area contributed by atoms with E-state index in [4.69, 9.17) is 0 Å². The highest BCUT2D eigenvalue weighted by Gasteiger charge is 2.10. The van der Waals surface area contributed by atoms with Crippen LogP contribution in [0, 0.1) is 5.82 Å². The third kappa shape index (κ3) is 5.44. The summed E-state index contributed by atoms with van der Waals surface area (Å²) >= 11 is 1.49. The largest absolute Gasteiger partial charge is 0.310 e. The first-order valence-electron chi connectivity index (χ1n) is 6.48. The van der Waals surface area contributed by atoms with Gasteiger partial charge in [-0.2, -0.15) is 0 Å². The Morgan fingerprint density at radius 2 is 2.18 bits per heavy atom. The zero-order valence-corrected chi connectivity index (χ0v) is 13.3. The summed E-state index contributed by atoms with van der Waals surface area (Å²) in [5.74, 6) is 4.23. The number of aldehydes is 1. The molecular weight excluding hydrogens is 303 g/mol. The minimum absolute atomic E-state index is 0.346. The number of rotatable bonds is 5. The first-order chi connectivity index (χ1) is 10.7. The van der Waals surface area contributed by atoms with Crippen molar-refractivity contribution < 1.29 is 9.18 Å². The average Bonchev–Trinajstić information content (AvgIpc) is 2.55. The average molecular weight is 322 g/mol. The molecule has 3 N–H and O–H groups in total. The van der Waals surface area contributed by atoms with Crippen LogP contribution in [0.25, 0.3) is 0 Å². The molecule has 0 radical (unpaired) electrons. The van der Waals surface area contributed by atoms with Gasteiger partial charge in [-0.3, -0.25) is 21.0 Å². The van der Waals surface area contributed by atoms with Gasteiger partial charge in [-0.25, -0.2) is 4.39 Å². The second-order valence-corrected chi connectivity index (χ2v) is 4.99. The number of aromatic nitrogens is 1. The number of hydrogen-bond acceptors (Lipinski definition) is 6. The number of carbonyl (C=O) groups excluding carboxylic acids is 1. The van der Waals surface area contributed by atoms with Gasteiger partial charge >= 0.3 is 0 Å². The van der Waals surface area contributed by atoms with Crippen LogP contribution in [0.5, 0.6) is 0 Å². The number of halogens is 1. The summed E-state index contributed by atoms with van der Waals surface area (Å²) in [4.78, 5) is 14.6. The van der Waals surface area contributed by atoms with E-state index in [9.17, 15) is 9.18 Å². The zero-order valence-electron chi connectivity index (χ0n) is 12.5. The summed E-state index contributed by atoms with van der Waals surface area (Å²) in [6, 6.07) is 8.27. The number of pyridine rings is 1. The number of carbonyl (C=O) groups is 1. The van der Waals surface area contributed by atoms with E-state index in [2.05, 4.69) is 16.3 Å². The lowest BCUT2D eigenvalue weighted by molar-refractivity contribution is 0.112. The minimum Gasteiger partial charge on any atom is -0.310 e. The predicted molar refractivity (Wildman–Crippen MR) is 89.0 cm³/mol. The van der Waals surface area contributed by atoms with Crippen LogP contribution >= 0.6 is 11.9 Å². The standard InChI is InChI=1S/C14H13FN2OS.CH6N2/c1-19-17(13-3-2-6-16-8-13)9-12-5-4-11(10-18)7-14(12)15;1-3-2/h2-8,10H,9H2,1H3;3H,2H2,1H3. The number of nitrogens with one attached hydrogen (secondary N) is 1. The lowest BCUT2D eigenvalue weighted by atomic mass is 10.1. The zero-order chi connectivity index (χ0) is 16.4. The fourth-order valence-electron chi connectivity index (χ4n) is 1.68. The molecule has 0 aliphatic rings. The molecule has 0 amide bonds. The maximum atomic E-state index is 13.8. The maximum Gasteiger partial charge on any atom is 0.150 e. The summed E-state index contributed by atoms with van der Waals surface area (Å²) in [6.07, 6.45) is 5.99. The molecule has 0 fully saturated rings. The third-order valence-corrected chi connectivity index (χ3v) is 3.46. The molecule has 0 unspecified atom stereocenters. The third-order valence-electron chi connectivity index (χ3n) is 2.68. The fraction of sp³-hybridized carbons (Fsp3) is 0.200. The SMILES string of the molecule is CNN.CSN(Cc1ccc(C=O)cc1F)c1cccnc1. The molecule has 2 aromatic rings. The van der Waals surface area contributed by atoms with Gasteiger partial charge in [0.05, 0.1) is 18.4 Å². The van der Waals surface area contributed by atoms with Gasteiger partial charge in [0.1, 0.15) is 12.1 Å². The quantitative estimate of drug-likeness (QED) is 0.381. The molecule has 22 heavy (non-hydrogen) atoms. The van der Waals surface area contributed by atoms with Crippen LogP contribution in [0.3, 0.4) is 0 Å². The smallest absolute Gasteiger partial charge is 0.150 e. The summed E-state index contributed by atoms with van der Waals surface area (Å²) < 4.78 is 15.8. The Morgan fingerprint density at radius 3 is 2.68 bits per heavy atom. The van der Waals surface area contributed by atoms with Gasteiger partial charge in [0.15, 0.2) is 0 Å². The highest BCUT2D eigenvalue weighted by molar-refractivity contribution is 7.99. The first-order valence-corrected chi connectivity index (χ1v) is 7.67. The Kier molecular flexibility index (Phi) is 8.13. The van der Waals surface area contributed by atoms with Gasteiger partial charge in [-0.15, -0.1) is 0 Å². The van der Waals surface area contributed by atoms with Crippen LogP contribution in [0.1, 0.15) is 15.9 Å². The topological polar surface area (TPSA) is 71.2 Å². The predicted octanol–water partition coefficient (Wildman–Crippen LogP) is 2.40. The summed E-state index contributed by atoms with van der Waals surface area (Å²) in [6.45, 7) is 0.415. The van der Waals surface area contributed by atoms with E-state index in [0.717, 1.165) is 5.69 Å². The number of anilines is 1. The van der Waals surface area contributed by atoms with Crippen molar-refractivity contribution in [1.82, 2.24) is 10.4 Å². The van der Waals surface area contributed by atoms with Gasteiger partial charge in [-0.1, -0.05) is 24.1 Å². The Balaban J connectivity index is 0.000000745. The van der Waals surface area contributed by atoms with Crippen LogP contribution in [-0.2, 0) is 6.54 Å². The van der Waals surface area contributed by atoms with Crippen molar-refractivity contribution in [3.63, 3.8) is 0 Å². The number of hydrazine groups is 1. The van der Waals surface area contributed by atoms with Crippen molar-refractivity contribution in [1.29, 1.82) is 0 Å². The minimum atomic E-state index is -0.368. The Hall–Kier alpha value is -1.96. The molecule has 0 aliphatic carbocycles. The van der Waals surface area contributed by atoms with Gasteiger partial charge in [0.2, 0.25) is 0 Å². The molecule has 1 aromatic carbocycles. The van der Waals surface area contributed by atoms with Gasteiger partial charge < -0.3 is 4.31 Å².